The highest BCUT2D eigenvalue weighted by atomic mass is 35.5. The second kappa shape index (κ2) is 2.88. The van der Waals surface area contributed by atoms with Crippen LogP contribution in [0.1, 0.15) is 5.69 Å². The molecule has 0 aliphatic heterocycles. The first kappa shape index (κ1) is 7.35. The van der Waals surface area contributed by atoms with Gasteiger partial charge >= 0.3 is 0 Å². The first-order valence-corrected chi connectivity index (χ1v) is 3.16. The molecule has 0 N–H and O–H groups in total. The van der Waals surface area contributed by atoms with Gasteiger partial charge in [0.25, 0.3) is 0 Å². The van der Waals surface area contributed by atoms with Gasteiger partial charge in [0.1, 0.15) is 18.0 Å². The van der Waals surface area contributed by atoms with E-state index >= 15 is 0 Å². The minimum absolute atomic E-state index is 0.429. The molecule has 1 heterocycles. The van der Waals surface area contributed by atoms with Crippen molar-refractivity contribution in [2.45, 2.75) is 6.92 Å². The van der Waals surface area contributed by atoms with Gasteiger partial charge in [-0.3, -0.25) is 0 Å². The lowest BCUT2D eigenvalue weighted by Gasteiger charge is -1.99. The SMILES string of the molecule is [CH2]Oc1cc(C)nc(Cl)c1. The fraction of sp³-hybridized carbons (Fsp3) is 0.143. The maximum absolute atomic E-state index is 5.61. The lowest BCUT2D eigenvalue weighted by atomic mass is 10.4. The van der Waals surface area contributed by atoms with E-state index in [0.717, 1.165) is 5.69 Å². The van der Waals surface area contributed by atoms with Crippen molar-refractivity contribution in [3.8, 4) is 5.75 Å². The number of halogens is 1. The van der Waals surface area contributed by atoms with Crippen molar-refractivity contribution in [1.29, 1.82) is 0 Å². The monoisotopic (exact) mass is 156 g/mol. The minimum Gasteiger partial charge on any atom is -0.490 e. The highest BCUT2D eigenvalue weighted by molar-refractivity contribution is 6.29. The first-order valence-electron chi connectivity index (χ1n) is 2.78. The number of aromatic nitrogens is 1. The molecular weight excluding hydrogens is 150 g/mol. The van der Waals surface area contributed by atoms with E-state index in [1.54, 1.807) is 12.1 Å². The van der Waals surface area contributed by atoms with E-state index in [-0.39, 0.29) is 0 Å². The smallest absolute Gasteiger partial charge is 0.133 e. The molecule has 2 nitrogen and oxygen atoms in total. The molecule has 1 aromatic rings. The van der Waals surface area contributed by atoms with Crippen molar-refractivity contribution in [2.24, 2.45) is 0 Å². The molecule has 3 heteroatoms. The van der Waals surface area contributed by atoms with E-state index in [4.69, 9.17) is 16.3 Å². The predicted octanol–water partition coefficient (Wildman–Crippen LogP) is 2.21. The van der Waals surface area contributed by atoms with Crippen LogP contribution in [-0.4, -0.2) is 4.98 Å². The Kier molecular flexibility index (Phi) is 2.12. The van der Waals surface area contributed by atoms with Crippen molar-refractivity contribution >= 4 is 11.6 Å². The third-order valence-corrected chi connectivity index (χ3v) is 1.26. The van der Waals surface area contributed by atoms with E-state index < -0.39 is 0 Å². The van der Waals surface area contributed by atoms with Gasteiger partial charge in [-0.25, -0.2) is 4.98 Å². The number of ether oxygens (including phenoxy) is 1. The Labute approximate surface area is 64.8 Å². The fourth-order valence-electron chi connectivity index (χ4n) is 0.681. The van der Waals surface area contributed by atoms with Crippen LogP contribution in [-0.2, 0) is 0 Å². The molecule has 53 valence electrons. The van der Waals surface area contributed by atoms with Gasteiger partial charge in [0.05, 0.1) is 0 Å². The van der Waals surface area contributed by atoms with Crippen LogP contribution in [0.2, 0.25) is 5.15 Å². The summed E-state index contributed by atoms with van der Waals surface area (Å²) in [5, 5.41) is 0.429. The number of hydrogen-bond donors (Lipinski definition) is 0. The number of nitrogens with zero attached hydrogens (tertiary/aromatic N) is 1. The second-order valence-corrected chi connectivity index (χ2v) is 2.30. The number of pyridine rings is 1. The van der Waals surface area contributed by atoms with Gasteiger partial charge in [0.2, 0.25) is 0 Å². The van der Waals surface area contributed by atoms with E-state index in [2.05, 4.69) is 12.1 Å². The van der Waals surface area contributed by atoms with Crippen LogP contribution in [0, 0.1) is 14.0 Å². The van der Waals surface area contributed by atoms with Crippen LogP contribution in [0.3, 0.4) is 0 Å². The van der Waals surface area contributed by atoms with Crippen LogP contribution in [0.4, 0.5) is 0 Å². The molecule has 0 unspecified atom stereocenters. The summed E-state index contributed by atoms with van der Waals surface area (Å²) >= 11 is 5.61. The molecule has 0 atom stereocenters. The van der Waals surface area contributed by atoms with E-state index in [1.165, 1.54) is 0 Å². The molecule has 0 saturated heterocycles. The molecule has 1 aromatic heterocycles. The highest BCUT2D eigenvalue weighted by Gasteiger charge is 1.95. The Bertz CT molecular complexity index is 217. The van der Waals surface area contributed by atoms with Crippen LogP contribution in [0.5, 0.6) is 5.75 Å². The van der Waals surface area contributed by atoms with Crippen LogP contribution < -0.4 is 4.74 Å². The molecule has 10 heavy (non-hydrogen) atoms. The lowest BCUT2D eigenvalue weighted by Crippen LogP contribution is -1.84. The maximum atomic E-state index is 5.61. The minimum atomic E-state index is 0.429. The van der Waals surface area contributed by atoms with Crippen molar-refractivity contribution in [3.63, 3.8) is 0 Å². The molecule has 1 rings (SSSR count). The van der Waals surface area contributed by atoms with Crippen molar-refractivity contribution in [2.75, 3.05) is 0 Å². The Balaban J connectivity index is 3.06. The van der Waals surface area contributed by atoms with Crippen molar-refractivity contribution in [1.82, 2.24) is 4.98 Å². The van der Waals surface area contributed by atoms with E-state index in [1.807, 2.05) is 6.92 Å². The van der Waals surface area contributed by atoms with Gasteiger partial charge in [-0.15, -0.1) is 0 Å². The summed E-state index contributed by atoms with van der Waals surface area (Å²) in [5.41, 5.74) is 0.825. The number of hydrogen-bond acceptors (Lipinski definition) is 2. The van der Waals surface area contributed by atoms with Gasteiger partial charge < -0.3 is 4.74 Å². The average molecular weight is 157 g/mol. The Morgan fingerprint density at radius 1 is 1.60 bits per heavy atom. The summed E-state index contributed by atoms with van der Waals surface area (Å²) in [6.45, 7) is 1.84. The molecule has 0 spiro atoms. The third kappa shape index (κ3) is 1.61. The van der Waals surface area contributed by atoms with E-state index in [0.29, 0.717) is 10.9 Å². The summed E-state index contributed by atoms with van der Waals surface area (Å²) in [6.07, 6.45) is 0. The Morgan fingerprint density at radius 3 is 2.80 bits per heavy atom. The molecule has 0 aromatic carbocycles. The van der Waals surface area contributed by atoms with Crippen LogP contribution in [0.25, 0.3) is 0 Å². The standard InChI is InChI=1S/C7H7ClNO/c1-5-3-6(10-2)4-7(8)9-5/h3-4H,2H2,1H3. The fourth-order valence-corrected chi connectivity index (χ4v) is 0.922. The zero-order chi connectivity index (χ0) is 7.56. The summed E-state index contributed by atoms with van der Waals surface area (Å²) < 4.78 is 4.70. The molecule has 0 bridgehead atoms. The summed E-state index contributed by atoms with van der Waals surface area (Å²) in [4.78, 5) is 3.94. The van der Waals surface area contributed by atoms with Crippen molar-refractivity contribution < 1.29 is 4.74 Å². The van der Waals surface area contributed by atoms with Crippen LogP contribution in [0.15, 0.2) is 12.1 Å². The second-order valence-electron chi connectivity index (χ2n) is 1.91. The number of rotatable bonds is 1. The summed E-state index contributed by atoms with van der Waals surface area (Å²) in [5.74, 6) is 0.637. The van der Waals surface area contributed by atoms with Gasteiger partial charge in [0.15, 0.2) is 0 Å². The zero-order valence-electron chi connectivity index (χ0n) is 5.60. The van der Waals surface area contributed by atoms with Gasteiger partial charge in [-0.1, -0.05) is 11.6 Å². The van der Waals surface area contributed by atoms with E-state index in [9.17, 15) is 0 Å². The first-order chi connectivity index (χ1) is 4.72. The zero-order valence-corrected chi connectivity index (χ0v) is 6.35. The van der Waals surface area contributed by atoms with Crippen LogP contribution >= 0.6 is 11.6 Å². The topological polar surface area (TPSA) is 22.1 Å². The molecule has 0 amide bonds. The number of aryl methyl sites for hydroxylation is 1. The molecular formula is C7H7ClNO. The molecule has 1 radical (unpaired) electrons. The third-order valence-electron chi connectivity index (χ3n) is 1.06. The largest absolute Gasteiger partial charge is 0.490 e. The molecule has 0 saturated carbocycles. The summed E-state index contributed by atoms with van der Waals surface area (Å²) in [6, 6.07) is 3.38. The quantitative estimate of drug-likeness (QED) is 0.582. The van der Waals surface area contributed by atoms with Gasteiger partial charge in [0, 0.05) is 17.8 Å². The van der Waals surface area contributed by atoms with Gasteiger partial charge in [-0.05, 0) is 6.92 Å². The molecule has 0 aliphatic carbocycles. The highest BCUT2D eigenvalue weighted by Crippen LogP contribution is 2.16. The van der Waals surface area contributed by atoms with Gasteiger partial charge in [-0.2, -0.15) is 0 Å². The lowest BCUT2D eigenvalue weighted by molar-refractivity contribution is 0.472. The Hall–Kier alpha value is -0.760. The molecule has 0 fully saturated rings. The molecule has 0 aliphatic rings. The predicted molar refractivity (Wildman–Crippen MR) is 40.0 cm³/mol. The maximum Gasteiger partial charge on any atom is 0.133 e. The Morgan fingerprint density at radius 2 is 2.30 bits per heavy atom. The summed E-state index contributed by atoms with van der Waals surface area (Å²) in [7, 11) is 3.25. The van der Waals surface area contributed by atoms with Crippen molar-refractivity contribution in [3.05, 3.63) is 30.1 Å². The normalized spacial score (nSPS) is 9.50. The average Bonchev–Trinajstić information content (AvgIpc) is 1.85.